The Bertz CT molecular complexity index is 615. The Labute approximate surface area is 162 Å². The van der Waals surface area contributed by atoms with E-state index in [1.807, 2.05) is 12.1 Å². The van der Waals surface area contributed by atoms with Gasteiger partial charge in [0, 0.05) is 18.4 Å². The summed E-state index contributed by atoms with van der Waals surface area (Å²) >= 11 is 0. The van der Waals surface area contributed by atoms with E-state index in [9.17, 15) is 4.79 Å². The molecular formula is C20H31ClN2O3. The third kappa shape index (κ3) is 5.04. The SMILES string of the molecule is CC(CC(=O)NCC(C)(C)c1ccc2c(c1)OCO2)C1CCNCC1.Cl. The summed E-state index contributed by atoms with van der Waals surface area (Å²) in [4.78, 5) is 12.4. The molecule has 0 saturated carbocycles. The Balaban J connectivity index is 0.00000243. The second-order valence-electron chi connectivity index (χ2n) is 8.00. The zero-order valence-electron chi connectivity index (χ0n) is 16.0. The third-order valence-electron chi connectivity index (χ3n) is 5.58. The summed E-state index contributed by atoms with van der Waals surface area (Å²) in [6.07, 6.45) is 2.97. The topological polar surface area (TPSA) is 59.6 Å². The van der Waals surface area contributed by atoms with Gasteiger partial charge >= 0.3 is 0 Å². The van der Waals surface area contributed by atoms with Gasteiger partial charge in [0.1, 0.15) is 0 Å². The number of rotatable bonds is 6. The van der Waals surface area contributed by atoms with Crippen LogP contribution in [0.1, 0.15) is 45.6 Å². The molecule has 26 heavy (non-hydrogen) atoms. The van der Waals surface area contributed by atoms with E-state index in [0.717, 1.165) is 30.2 Å². The molecule has 1 amide bonds. The molecule has 1 saturated heterocycles. The monoisotopic (exact) mass is 382 g/mol. The summed E-state index contributed by atoms with van der Waals surface area (Å²) < 4.78 is 10.8. The zero-order valence-corrected chi connectivity index (χ0v) is 16.8. The Morgan fingerprint density at radius 1 is 1.27 bits per heavy atom. The fraction of sp³-hybridized carbons (Fsp3) is 0.650. The van der Waals surface area contributed by atoms with Crippen molar-refractivity contribution >= 4 is 18.3 Å². The second-order valence-corrected chi connectivity index (χ2v) is 8.00. The van der Waals surface area contributed by atoms with Crippen LogP contribution in [0.4, 0.5) is 0 Å². The highest BCUT2D eigenvalue weighted by Crippen LogP contribution is 2.36. The molecular weight excluding hydrogens is 352 g/mol. The van der Waals surface area contributed by atoms with Crippen LogP contribution in [-0.4, -0.2) is 32.3 Å². The highest BCUT2D eigenvalue weighted by atomic mass is 35.5. The number of benzene rings is 1. The predicted molar refractivity (Wildman–Crippen MR) is 105 cm³/mol. The van der Waals surface area contributed by atoms with Crippen molar-refractivity contribution in [1.29, 1.82) is 0 Å². The van der Waals surface area contributed by atoms with Crippen molar-refractivity contribution in [2.45, 2.75) is 45.4 Å². The molecule has 2 aliphatic rings. The Morgan fingerprint density at radius 2 is 1.96 bits per heavy atom. The van der Waals surface area contributed by atoms with Gasteiger partial charge in [0.15, 0.2) is 11.5 Å². The molecule has 0 aromatic heterocycles. The lowest BCUT2D eigenvalue weighted by molar-refractivity contribution is -0.122. The summed E-state index contributed by atoms with van der Waals surface area (Å²) in [5, 5.41) is 6.52. The lowest BCUT2D eigenvalue weighted by Gasteiger charge is -2.29. The summed E-state index contributed by atoms with van der Waals surface area (Å²) in [5.74, 6) is 2.83. The largest absolute Gasteiger partial charge is 0.454 e. The van der Waals surface area contributed by atoms with Crippen LogP contribution in [0.3, 0.4) is 0 Å². The normalized spacial score (nSPS) is 18.1. The van der Waals surface area contributed by atoms with E-state index >= 15 is 0 Å². The summed E-state index contributed by atoms with van der Waals surface area (Å²) in [6.45, 7) is 9.54. The summed E-state index contributed by atoms with van der Waals surface area (Å²) in [6, 6.07) is 6.02. The van der Waals surface area contributed by atoms with Crippen molar-refractivity contribution in [1.82, 2.24) is 10.6 Å². The van der Waals surface area contributed by atoms with Gasteiger partial charge in [-0.3, -0.25) is 4.79 Å². The van der Waals surface area contributed by atoms with Crippen molar-refractivity contribution in [2.75, 3.05) is 26.4 Å². The molecule has 146 valence electrons. The molecule has 5 nitrogen and oxygen atoms in total. The predicted octanol–water partition coefficient (Wildman–Crippen LogP) is 3.26. The number of halogens is 1. The molecule has 0 bridgehead atoms. The molecule has 2 heterocycles. The quantitative estimate of drug-likeness (QED) is 0.792. The summed E-state index contributed by atoms with van der Waals surface area (Å²) in [5.41, 5.74) is 0.984. The smallest absolute Gasteiger partial charge is 0.231 e. The van der Waals surface area contributed by atoms with Gasteiger partial charge in [-0.05, 0) is 55.5 Å². The Morgan fingerprint density at radius 3 is 2.69 bits per heavy atom. The van der Waals surface area contributed by atoms with Crippen molar-refractivity contribution in [3.05, 3.63) is 23.8 Å². The fourth-order valence-corrected chi connectivity index (χ4v) is 3.68. The van der Waals surface area contributed by atoms with Crippen molar-refractivity contribution in [2.24, 2.45) is 11.8 Å². The first-order valence-electron chi connectivity index (χ1n) is 9.33. The van der Waals surface area contributed by atoms with Gasteiger partial charge in [0.05, 0.1) is 0 Å². The van der Waals surface area contributed by atoms with Crippen molar-refractivity contribution in [3.8, 4) is 11.5 Å². The molecule has 2 N–H and O–H groups in total. The second kappa shape index (κ2) is 8.96. The van der Waals surface area contributed by atoms with Gasteiger partial charge in [-0.25, -0.2) is 0 Å². The van der Waals surface area contributed by atoms with E-state index in [4.69, 9.17) is 9.47 Å². The molecule has 0 spiro atoms. The van der Waals surface area contributed by atoms with Gasteiger partial charge in [-0.15, -0.1) is 12.4 Å². The maximum absolute atomic E-state index is 12.4. The number of ether oxygens (including phenoxy) is 2. The first kappa shape index (κ1) is 20.8. The van der Waals surface area contributed by atoms with Gasteiger partial charge in [0.25, 0.3) is 0 Å². The molecule has 6 heteroatoms. The highest BCUT2D eigenvalue weighted by Gasteiger charge is 2.26. The molecule has 1 aromatic carbocycles. The lowest BCUT2D eigenvalue weighted by Crippen LogP contribution is -2.38. The van der Waals surface area contributed by atoms with E-state index in [0.29, 0.717) is 24.8 Å². The van der Waals surface area contributed by atoms with Crippen molar-refractivity contribution < 1.29 is 14.3 Å². The molecule has 2 aliphatic heterocycles. The number of carbonyl (C=O) groups is 1. The number of fused-ring (bicyclic) bond motifs is 1. The van der Waals surface area contributed by atoms with E-state index in [2.05, 4.69) is 37.5 Å². The molecule has 1 unspecified atom stereocenters. The lowest BCUT2D eigenvalue weighted by atomic mass is 9.83. The van der Waals surface area contributed by atoms with E-state index in [1.54, 1.807) is 0 Å². The number of amides is 1. The number of carbonyl (C=O) groups excluding carboxylic acids is 1. The maximum atomic E-state index is 12.4. The molecule has 0 aliphatic carbocycles. The van der Waals surface area contributed by atoms with Crippen LogP contribution in [0.5, 0.6) is 11.5 Å². The third-order valence-corrected chi connectivity index (χ3v) is 5.58. The average Bonchev–Trinajstić information content (AvgIpc) is 3.08. The molecule has 1 atom stereocenters. The van der Waals surface area contributed by atoms with Gasteiger partial charge < -0.3 is 20.1 Å². The number of hydrogen-bond donors (Lipinski definition) is 2. The first-order chi connectivity index (χ1) is 12.0. The summed E-state index contributed by atoms with van der Waals surface area (Å²) in [7, 11) is 0. The Kier molecular flexibility index (Phi) is 7.18. The van der Waals surface area contributed by atoms with Gasteiger partial charge in [-0.2, -0.15) is 0 Å². The minimum Gasteiger partial charge on any atom is -0.454 e. The number of nitrogens with one attached hydrogen (secondary N) is 2. The minimum absolute atomic E-state index is 0. The molecule has 0 radical (unpaired) electrons. The van der Waals surface area contributed by atoms with Crippen LogP contribution in [0.25, 0.3) is 0 Å². The van der Waals surface area contributed by atoms with Crippen LogP contribution in [-0.2, 0) is 10.2 Å². The first-order valence-corrected chi connectivity index (χ1v) is 9.33. The number of piperidine rings is 1. The van der Waals surface area contributed by atoms with E-state index in [1.165, 1.54) is 12.8 Å². The Hall–Kier alpha value is -1.46. The van der Waals surface area contributed by atoms with Crippen LogP contribution >= 0.6 is 12.4 Å². The van der Waals surface area contributed by atoms with Crippen LogP contribution in [0, 0.1) is 11.8 Å². The zero-order chi connectivity index (χ0) is 17.9. The van der Waals surface area contributed by atoms with Crippen LogP contribution in [0.2, 0.25) is 0 Å². The van der Waals surface area contributed by atoms with E-state index < -0.39 is 0 Å². The van der Waals surface area contributed by atoms with Crippen LogP contribution in [0.15, 0.2) is 18.2 Å². The molecule has 1 aromatic rings. The highest BCUT2D eigenvalue weighted by molar-refractivity contribution is 5.85. The minimum atomic E-state index is -0.158. The molecule has 1 fully saturated rings. The van der Waals surface area contributed by atoms with Gasteiger partial charge in [0.2, 0.25) is 12.7 Å². The van der Waals surface area contributed by atoms with Crippen molar-refractivity contribution in [3.63, 3.8) is 0 Å². The maximum Gasteiger partial charge on any atom is 0.231 e. The van der Waals surface area contributed by atoms with E-state index in [-0.39, 0.29) is 30.5 Å². The van der Waals surface area contributed by atoms with Crippen LogP contribution < -0.4 is 20.1 Å². The average molecular weight is 383 g/mol. The number of hydrogen-bond acceptors (Lipinski definition) is 4. The standard InChI is InChI=1S/C20H30N2O3.ClH/c1-14(15-6-8-21-9-7-15)10-19(23)22-12-20(2,3)16-4-5-17-18(11-16)25-13-24-17;/h4-5,11,14-15,21H,6-10,12-13H2,1-3H3,(H,22,23);1H. The molecule has 3 rings (SSSR count). The fourth-order valence-electron chi connectivity index (χ4n) is 3.68. The van der Waals surface area contributed by atoms with Gasteiger partial charge in [-0.1, -0.05) is 26.8 Å².